The number of hydrogen-bond donors (Lipinski definition) is 1. The zero-order chi connectivity index (χ0) is 17.6. The Morgan fingerprint density at radius 2 is 2.08 bits per heavy atom. The summed E-state index contributed by atoms with van der Waals surface area (Å²) in [4.78, 5) is 9.57. The third kappa shape index (κ3) is 4.46. The largest absolute Gasteiger partial charge is 0.496 e. The first-order valence-corrected chi connectivity index (χ1v) is 9.54. The molecule has 5 nitrogen and oxygen atoms in total. The lowest BCUT2D eigenvalue weighted by molar-refractivity contribution is 0.249. The van der Waals surface area contributed by atoms with Crippen LogP contribution in [0, 0.1) is 6.92 Å². The maximum Gasteiger partial charge on any atom is 0.193 e. The molecule has 1 N–H and O–H groups in total. The quantitative estimate of drug-likeness (QED) is 0.657. The Morgan fingerprint density at radius 1 is 1.28 bits per heavy atom. The Balaban J connectivity index is 1.48. The SMILES string of the molecule is CN=C(NCCc1ccc(C)c(OC)c1)N1CCC(N2CCCC2)C1. The maximum absolute atomic E-state index is 5.42. The highest BCUT2D eigenvalue weighted by Gasteiger charge is 2.30. The number of nitrogens with one attached hydrogen (secondary N) is 1. The summed E-state index contributed by atoms with van der Waals surface area (Å²) in [7, 11) is 3.62. The topological polar surface area (TPSA) is 40.1 Å². The van der Waals surface area contributed by atoms with Gasteiger partial charge in [0.15, 0.2) is 5.96 Å². The summed E-state index contributed by atoms with van der Waals surface area (Å²) in [5.41, 5.74) is 2.47. The molecule has 138 valence electrons. The average Bonchev–Trinajstić information content (AvgIpc) is 3.31. The summed E-state index contributed by atoms with van der Waals surface area (Å²) in [6.07, 6.45) is 4.96. The van der Waals surface area contributed by atoms with Gasteiger partial charge in [0, 0.05) is 32.7 Å². The lowest BCUT2D eigenvalue weighted by atomic mass is 10.1. The van der Waals surface area contributed by atoms with E-state index in [-0.39, 0.29) is 0 Å². The van der Waals surface area contributed by atoms with E-state index in [1.807, 2.05) is 7.05 Å². The summed E-state index contributed by atoms with van der Waals surface area (Å²) in [6, 6.07) is 7.16. The number of guanidine groups is 1. The normalized spacial score (nSPS) is 21.8. The van der Waals surface area contributed by atoms with Gasteiger partial charge in [-0.2, -0.15) is 0 Å². The molecule has 2 saturated heterocycles. The number of methoxy groups -OCH3 is 1. The van der Waals surface area contributed by atoms with Crippen molar-refractivity contribution < 1.29 is 4.74 Å². The molecule has 1 atom stereocenters. The molecule has 0 radical (unpaired) electrons. The smallest absolute Gasteiger partial charge is 0.193 e. The van der Waals surface area contributed by atoms with Crippen molar-refractivity contribution >= 4 is 5.96 Å². The fourth-order valence-electron chi connectivity index (χ4n) is 4.01. The molecule has 2 fully saturated rings. The summed E-state index contributed by atoms with van der Waals surface area (Å²) in [5.74, 6) is 2.01. The third-order valence-electron chi connectivity index (χ3n) is 5.50. The van der Waals surface area contributed by atoms with Gasteiger partial charge in [0.1, 0.15) is 5.75 Å². The van der Waals surface area contributed by atoms with Crippen LogP contribution in [0.15, 0.2) is 23.2 Å². The molecule has 1 aromatic carbocycles. The van der Waals surface area contributed by atoms with Crippen LogP contribution in [0.3, 0.4) is 0 Å². The van der Waals surface area contributed by atoms with Gasteiger partial charge in [0.2, 0.25) is 0 Å². The predicted molar refractivity (Wildman–Crippen MR) is 104 cm³/mol. The van der Waals surface area contributed by atoms with Crippen LogP contribution >= 0.6 is 0 Å². The van der Waals surface area contributed by atoms with E-state index in [4.69, 9.17) is 4.74 Å². The van der Waals surface area contributed by atoms with E-state index >= 15 is 0 Å². The standard InChI is InChI=1S/C20H32N4O/c1-16-6-7-17(14-19(16)25-3)8-10-22-20(21-2)24-13-9-18(15-24)23-11-4-5-12-23/h6-7,14,18H,4-5,8-13,15H2,1-3H3,(H,21,22). The van der Waals surface area contributed by atoms with Crippen LogP contribution in [0.2, 0.25) is 0 Å². The van der Waals surface area contributed by atoms with E-state index in [1.54, 1.807) is 7.11 Å². The van der Waals surface area contributed by atoms with Crippen LogP contribution in [0.25, 0.3) is 0 Å². The van der Waals surface area contributed by atoms with Crippen LogP contribution in [-0.4, -0.2) is 68.7 Å². The molecule has 2 aliphatic rings. The molecule has 0 aromatic heterocycles. The van der Waals surface area contributed by atoms with Crippen LogP contribution in [0.1, 0.15) is 30.4 Å². The Labute approximate surface area is 152 Å². The highest BCUT2D eigenvalue weighted by molar-refractivity contribution is 5.80. The van der Waals surface area contributed by atoms with Gasteiger partial charge in [-0.3, -0.25) is 9.89 Å². The monoisotopic (exact) mass is 344 g/mol. The second-order valence-corrected chi connectivity index (χ2v) is 7.16. The fourth-order valence-corrected chi connectivity index (χ4v) is 4.01. The fraction of sp³-hybridized carbons (Fsp3) is 0.650. The van der Waals surface area contributed by atoms with Crippen molar-refractivity contribution in [3.8, 4) is 5.75 Å². The van der Waals surface area contributed by atoms with Gasteiger partial charge in [-0.15, -0.1) is 0 Å². The zero-order valence-electron chi connectivity index (χ0n) is 15.9. The van der Waals surface area contributed by atoms with E-state index in [1.165, 1.54) is 43.5 Å². The average molecular weight is 345 g/mol. The highest BCUT2D eigenvalue weighted by atomic mass is 16.5. The number of rotatable bonds is 5. The van der Waals surface area contributed by atoms with E-state index in [2.05, 4.69) is 45.2 Å². The van der Waals surface area contributed by atoms with E-state index in [9.17, 15) is 0 Å². The number of likely N-dealkylation sites (tertiary alicyclic amines) is 2. The molecular formula is C20H32N4O. The summed E-state index contributed by atoms with van der Waals surface area (Å²) >= 11 is 0. The molecule has 0 saturated carbocycles. The molecular weight excluding hydrogens is 312 g/mol. The van der Waals surface area contributed by atoms with Gasteiger partial charge in [0.05, 0.1) is 7.11 Å². The molecule has 0 amide bonds. The predicted octanol–water partition coefficient (Wildman–Crippen LogP) is 2.29. The van der Waals surface area contributed by atoms with Crippen molar-refractivity contribution in [1.29, 1.82) is 0 Å². The van der Waals surface area contributed by atoms with Gasteiger partial charge in [0.25, 0.3) is 0 Å². The van der Waals surface area contributed by atoms with Crippen molar-refractivity contribution in [1.82, 2.24) is 15.1 Å². The van der Waals surface area contributed by atoms with Crippen molar-refractivity contribution in [3.05, 3.63) is 29.3 Å². The summed E-state index contributed by atoms with van der Waals surface area (Å²) in [6.45, 7) is 7.74. The molecule has 0 bridgehead atoms. The van der Waals surface area contributed by atoms with Gasteiger partial charge in [-0.25, -0.2) is 0 Å². The number of hydrogen-bond acceptors (Lipinski definition) is 3. The summed E-state index contributed by atoms with van der Waals surface area (Å²) < 4.78 is 5.42. The second-order valence-electron chi connectivity index (χ2n) is 7.16. The molecule has 0 aliphatic carbocycles. The first-order chi connectivity index (χ1) is 12.2. The molecule has 5 heteroatoms. The summed E-state index contributed by atoms with van der Waals surface area (Å²) in [5, 5.41) is 3.54. The molecule has 3 rings (SSSR count). The van der Waals surface area contributed by atoms with E-state index in [0.717, 1.165) is 37.8 Å². The van der Waals surface area contributed by atoms with Crippen molar-refractivity contribution in [2.75, 3.05) is 46.9 Å². The van der Waals surface area contributed by atoms with Gasteiger partial charge < -0.3 is 15.0 Å². The van der Waals surface area contributed by atoms with Gasteiger partial charge in [-0.05, 0) is 62.9 Å². The maximum atomic E-state index is 5.42. The second kappa shape index (κ2) is 8.56. The molecule has 0 spiro atoms. The van der Waals surface area contributed by atoms with Crippen LogP contribution in [-0.2, 0) is 6.42 Å². The molecule has 2 heterocycles. The lowest BCUT2D eigenvalue weighted by Crippen LogP contribution is -2.43. The van der Waals surface area contributed by atoms with Crippen LogP contribution in [0.5, 0.6) is 5.75 Å². The minimum atomic E-state index is 0.711. The lowest BCUT2D eigenvalue weighted by Gasteiger charge is -2.25. The minimum absolute atomic E-state index is 0.711. The van der Waals surface area contributed by atoms with E-state index in [0.29, 0.717) is 6.04 Å². The number of nitrogens with zero attached hydrogens (tertiary/aromatic N) is 3. The van der Waals surface area contributed by atoms with E-state index < -0.39 is 0 Å². The van der Waals surface area contributed by atoms with Crippen molar-refractivity contribution in [2.24, 2.45) is 4.99 Å². The van der Waals surface area contributed by atoms with Crippen LogP contribution in [0.4, 0.5) is 0 Å². The Kier molecular flexibility index (Phi) is 6.19. The number of benzene rings is 1. The van der Waals surface area contributed by atoms with Crippen molar-refractivity contribution in [3.63, 3.8) is 0 Å². The highest BCUT2D eigenvalue weighted by Crippen LogP contribution is 2.21. The number of ether oxygens (including phenoxy) is 1. The molecule has 25 heavy (non-hydrogen) atoms. The van der Waals surface area contributed by atoms with Gasteiger partial charge in [-0.1, -0.05) is 12.1 Å². The Morgan fingerprint density at radius 3 is 2.80 bits per heavy atom. The first-order valence-electron chi connectivity index (χ1n) is 9.54. The molecule has 2 aliphatic heterocycles. The minimum Gasteiger partial charge on any atom is -0.496 e. The van der Waals surface area contributed by atoms with Gasteiger partial charge >= 0.3 is 0 Å². The van der Waals surface area contributed by atoms with Crippen molar-refractivity contribution in [2.45, 2.75) is 38.6 Å². The molecule has 1 unspecified atom stereocenters. The number of aliphatic imine (C=N–C) groups is 1. The van der Waals surface area contributed by atoms with Crippen LogP contribution < -0.4 is 10.1 Å². The molecule has 1 aromatic rings. The Hall–Kier alpha value is -1.75. The third-order valence-corrected chi connectivity index (χ3v) is 5.50. The number of aryl methyl sites for hydroxylation is 1. The Bertz CT molecular complexity index is 595. The zero-order valence-corrected chi connectivity index (χ0v) is 15.9. The first kappa shape index (κ1) is 18.1.